The average Bonchev–Trinajstić information content (AvgIpc) is 2.53. The molecule has 0 aromatic rings. The number of guanidine groups is 1. The second-order valence-corrected chi connectivity index (χ2v) is 8.73. The number of nitrogens with one attached hydrogen (secondary N) is 2. The third-order valence-corrected chi connectivity index (χ3v) is 5.98. The smallest absolute Gasteiger partial charge is 0.211 e. The summed E-state index contributed by atoms with van der Waals surface area (Å²) in [4.78, 5) is 6.52. The average molecular weight is 474 g/mol. The van der Waals surface area contributed by atoms with Crippen molar-refractivity contribution in [2.75, 3.05) is 39.5 Å². The van der Waals surface area contributed by atoms with Gasteiger partial charge in [0.1, 0.15) is 0 Å². The minimum atomic E-state index is -3.08. The van der Waals surface area contributed by atoms with Crippen LogP contribution in [0.4, 0.5) is 0 Å². The molecule has 8 heteroatoms. The summed E-state index contributed by atoms with van der Waals surface area (Å²) in [6.07, 6.45) is 6.03. The van der Waals surface area contributed by atoms with Gasteiger partial charge in [-0.05, 0) is 38.0 Å². The number of nitrogens with zero attached hydrogens (tertiary/aromatic N) is 2. The third kappa shape index (κ3) is 9.41. The summed E-state index contributed by atoms with van der Waals surface area (Å²) < 4.78 is 25.3. The van der Waals surface area contributed by atoms with E-state index in [-0.39, 0.29) is 29.7 Å². The molecule has 2 N–H and O–H groups in total. The van der Waals surface area contributed by atoms with Gasteiger partial charge in [-0.3, -0.25) is 4.99 Å². The van der Waals surface area contributed by atoms with Gasteiger partial charge < -0.3 is 10.2 Å². The molecule has 1 rings (SSSR count). The first kappa shape index (κ1) is 23.9. The van der Waals surface area contributed by atoms with Gasteiger partial charge in [0.25, 0.3) is 0 Å². The standard InChI is InChI=1S/C16H34N4O2S.HI/c1-5-23(21,22)19-12-6-11-18-16(17-3)20(4)13-15-9-7-14(2)8-10-15;/h14-15,19H,5-13H2,1-4H3,(H,17,18);1H. The molecule has 0 aromatic heterocycles. The van der Waals surface area contributed by atoms with Gasteiger partial charge in [-0.15, -0.1) is 24.0 Å². The molecule has 0 heterocycles. The van der Waals surface area contributed by atoms with Crippen LogP contribution in [-0.4, -0.2) is 58.8 Å². The summed E-state index contributed by atoms with van der Waals surface area (Å²) in [5, 5.41) is 3.31. The maximum Gasteiger partial charge on any atom is 0.211 e. The van der Waals surface area contributed by atoms with Gasteiger partial charge in [0.2, 0.25) is 10.0 Å². The lowest BCUT2D eigenvalue weighted by Crippen LogP contribution is -2.42. The van der Waals surface area contributed by atoms with Crippen LogP contribution in [0.5, 0.6) is 0 Å². The molecule has 0 spiro atoms. The largest absolute Gasteiger partial charge is 0.356 e. The fraction of sp³-hybridized carbons (Fsp3) is 0.938. The van der Waals surface area contributed by atoms with Gasteiger partial charge >= 0.3 is 0 Å². The zero-order chi connectivity index (χ0) is 17.3. The van der Waals surface area contributed by atoms with E-state index in [4.69, 9.17) is 0 Å². The SMILES string of the molecule is CCS(=O)(=O)NCCCNC(=NC)N(C)CC1CCC(C)CC1.I. The van der Waals surface area contributed by atoms with E-state index in [1.165, 1.54) is 25.7 Å². The Morgan fingerprint density at radius 2 is 1.83 bits per heavy atom. The first-order valence-corrected chi connectivity index (χ1v) is 10.4. The van der Waals surface area contributed by atoms with Crippen LogP contribution in [0, 0.1) is 11.8 Å². The van der Waals surface area contributed by atoms with E-state index in [2.05, 4.69) is 33.9 Å². The molecular formula is C16H35IN4O2S. The molecule has 0 aliphatic heterocycles. The molecule has 0 aromatic carbocycles. The van der Waals surface area contributed by atoms with Crippen molar-refractivity contribution in [2.24, 2.45) is 16.8 Å². The third-order valence-electron chi connectivity index (χ3n) is 4.58. The minimum Gasteiger partial charge on any atom is -0.356 e. The molecule has 0 amide bonds. The lowest BCUT2D eigenvalue weighted by Gasteiger charge is -2.31. The highest BCUT2D eigenvalue weighted by Gasteiger charge is 2.20. The molecule has 0 unspecified atom stereocenters. The summed E-state index contributed by atoms with van der Waals surface area (Å²) in [7, 11) is 0.786. The molecule has 6 nitrogen and oxygen atoms in total. The van der Waals surface area contributed by atoms with Gasteiger partial charge in [0.15, 0.2) is 5.96 Å². The molecule has 24 heavy (non-hydrogen) atoms. The Labute approximate surface area is 165 Å². The van der Waals surface area contributed by atoms with Crippen LogP contribution in [0.1, 0.15) is 46.0 Å². The molecule has 0 bridgehead atoms. The Morgan fingerprint density at radius 1 is 1.21 bits per heavy atom. The molecular weight excluding hydrogens is 439 g/mol. The first-order chi connectivity index (χ1) is 10.9. The highest BCUT2D eigenvalue weighted by Crippen LogP contribution is 2.28. The highest BCUT2D eigenvalue weighted by atomic mass is 127. The zero-order valence-electron chi connectivity index (χ0n) is 15.5. The first-order valence-electron chi connectivity index (χ1n) is 8.77. The fourth-order valence-electron chi connectivity index (χ4n) is 2.99. The van der Waals surface area contributed by atoms with Crippen molar-refractivity contribution < 1.29 is 8.42 Å². The van der Waals surface area contributed by atoms with E-state index in [1.54, 1.807) is 14.0 Å². The minimum absolute atomic E-state index is 0. The highest BCUT2D eigenvalue weighted by molar-refractivity contribution is 14.0. The Kier molecular flexibility index (Phi) is 12.2. The Morgan fingerprint density at radius 3 is 2.38 bits per heavy atom. The van der Waals surface area contributed by atoms with Crippen molar-refractivity contribution in [1.82, 2.24) is 14.9 Å². The normalized spacial score (nSPS) is 21.9. The van der Waals surface area contributed by atoms with Crippen LogP contribution in [0.3, 0.4) is 0 Å². The lowest BCUT2D eigenvalue weighted by atomic mass is 9.83. The number of sulfonamides is 1. The number of aliphatic imine (C=N–C) groups is 1. The van der Waals surface area contributed by atoms with Gasteiger partial charge in [-0.25, -0.2) is 13.1 Å². The van der Waals surface area contributed by atoms with Crippen molar-refractivity contribution in [2.45, 2.75) is 46.0 Å². The Hall–Kier alpha value is -0.0900. The van der Waals surface area contributed by atoms with Gasteiger partial charge in [-0.1, -0.05) is 19.8 Å². The van der Waals surface area contributed by atoms with Crippen LogP contribution in [0.15, 0.2) is 4.99 Å². The van der Waals surface area contributed by atoms with Crippen molar-refractivity contribution >= 4 is 40.0 Å². The van der Waals surface area contributed by atoms with Gasteiger partial charge in [-0.2, -0.15) is 0 Å². The number of rotatable bonds is 8. The molecule has 1 saturated carbocycles. The summed E-state index contributed by atoms with van der Waals surface area (Å²) in [6.45, 7) is 6.20. The van der Waals surface area contributed by atoms with Crippen LogP contribution in [0.25, 0.3) is 0 Å². The monoisotopic (exact) mass is 474 g/mol. The van der Waals surface area contributed by atoms with E-state index in [9.17, 15) is 8.42 Å². The van der Waals surface area contributed by atoms with Crippen molar-refractivity contribution in [3.63, 3.8) is 0 Å². The van der Waals surface area contributed by atoms with E-state index in [1.807, 2.05) is 0 Å². The van der Waals surface area contributed by atoms with E-state index >= 15 is 0 Å². The van der Waals surface area contributed by atoms with Crippen molar-refractivity contribution in [3.8, 4) is 0 Å². The maximum absolute atomic E-state index is 11.3. The molecule has 0 atom stereocenters. The van der Waals surface area contributed by atoms with Crippen LogP contribution >= 0.6 is 24.0 Å². The second kappa shape index (κ2) is 12.3. The van der Waals surface area contributed by atoms with Gasteiger partial charge in [0, 0.05) is 33.7 Å². The van der Waals surface area contributed by atoms with Crippen LogP contribution in [-0.2, 0) is 10.0 Å². The number of halogens is 1. The predicted molar refractivity (Wildman–Crippen MR) is 113 cm³/mol. The molecule has 1 fully saturated rings. The van der Waals surface area contributed by atoms with Crippen molar-refractivity contribution in [3.05, 3.63) is 0 Å². The summed E-state index contributed by atoms with van der Waals surface area (Å²) in [6, 6.07) is 0. The summed E-state index contributed by atoms with van der Waals surface area (Å²) in [5.41, 5.74) is 0. The molecule has 144 valence electrons. The molecule has 1 aliphatic carbocycles. The summed E-state index contributed by atoms with van der Waals surface area (Å²) >= 11 is 0. The van der Waals surface area contributed by atoms with Crippen LogP contribution in [0.2, 0.25) is 0 Å². The van der Waals surface area contributed by atoms with Crippen molar-refractivity contribution in [1.29, 1.82) is 0 Å². The summed E-state index contributed by atoms with van der Waals surface area (Å²) in [5.74, 6) is 2.65. The maximum atomic E-state index is 11.3. The molecule has 1 aliphatic rings. The van der Waals surface area contributed by atoms with E-state index in [0.29, 0.717) is 13.1 Å². The topological polar surface area (TPSA) is 73.8 Å². The Balaban J connectivity index is 0.00000529. The fourth-order valence-corrected chi connectivity index (χ4v) is 3.65. The molecule has 0 radical (unpaired) electrons. The van der Waals surface area contributed by atoms with Crippen LogP contribution < -0.4 is 10.0 Å². The Bertz CT molecular complexity index is 463. The predicted octanol–water partition coefficient (Wildman–Crippen LogP) is 2.27. The molecule has 0 saturated heterocycles. The second-order valence-electron chi connectivity index (χ2n) is 6.63. The van der Waals surface area contributed by atoms with Gasteiger partial charge in [0.05, 0.1) is 5.75 Å². The van der Waals surface area contributed by atoms with E-state index < -0.39 is 10.0 Å². The number of hydrogen-bond donors (Lipinski definition) is 2. The quantitative estimate of drug-likeness (QED) is 0.245. The zero-order valence-corrected chi connectivity index (χ0v) is 18.7. The lowest BCUT2D eigenvalue weighted by molar-refractivity contribution is 0.250. The number of hydrogen-bond acceptors (Lipinski definition) is 3. The van der Waals surface area contributed by atoms with E-state index in [0.717, 1.165) is 30.8 Å².